The molecule has 0 rings (SSSR count). The fourth-order valence-electron chi connectivity index (χ4n) is 0.857. The van der Waals surface area contributed by atoms with Gasteiger partial charge in [-0.05, 0) is 19.3 Å². The van der Waals surface area contributed by atoms with Gasteiger partial charge >= 0.3 is 0 Å². The van der Waals surface area contributed by atoms with Crippen LogP contribution in [0.5, 0.6) is 0 Å². The molecule has 0 aliphatic heterocycles. The first-order chi connectivity index (χ1) is 4.56. The molecule has 0 amide bonds. The monoisotopic (exact) mass is 208 g/mol. The third-order valence-electron chi connectivity index (χ3n) is 1.46. The van der Waals surface area contributed by atoms with Crippen molar-refractivity contribution in [3.05, 3.63) is 0 Å². The van der Waals surface area contributed by atoms with Crippen molar-refractivity contribution in [2.24, 2.45) is 0 Å². The Bertz CT molecular complexity index is 75.8. The summed E-state index contributed by atoms with van der Waals surface area (Å²) in [5, 5.41) is 1.16. The molecule has 0 bridgehead atoms. The van der Waals surface area contributed by atoms with Crippen molar-refractivity contribution in [1.82, 2.24) is 0 Å². The molecular weight excluding hydrogens is 190 g/mol. The molecule has 0 aliphatic rings. The first kappa shape index (κ1) is 10.4. The topological polar surface area (TPSA) is 0 Å². The predicted molar refractivity (Wildman–Crippen MR) is 50.5 cm³/mol. The first-order valence-corrected chi connectivity index (χ1v) is 5.05. The summed E-state index contributed by atoms with van der Waals surface area (Å²) in [6, 6.07) is 0. The maximum atomic E-state index is 3.42. The van der Waals surface area contributed by atoms with E-state index in [1.807, 2.05) is 0 Å². The van der Waals surface area contributed by atoms with Gasteiger partial charge in [0.15, 0.2) is 0 Å². The fourth-order valence-corrected chi connectivity index (χ4v) is 1.25. The van der Waals surface area contributed by atoms with E-state index in [9.17, 15) is 0 Å². The van der Waals surface area contributed by atoms with Gasteiger partial charge in [0, 0.05) is 5.33 Å². The zero-order valence-electron chi connectivity index (χ0n) is 7.36. The Morgan fingerprint density at radius 2 is 1.60 bits per heavy atom. The maximum absolute atomic E-state index is 3.42. The highest BCUT2D eigenvalue weighted by atomic mass is 79.9. The summed E-state index contributed by atoms with van der Waals surface area (Å²) in [6.45, 7) is 1.30. The highest BCUT2D eigenvalue weighted by Crippen LogP contribution is 2.01. The SMILES string of the molecule is C[N+](C)(C)CCCCCBr. The van der Waals surface area contributed by atoms with E-state index in [0.717, 1.165) is 9.81 Å². The van der Waals surface area contributed by atoms with Gasteiger partial charge in [-0.15, -0.1) is 0 Å². The Kier molecular flexibility index (Phi) is 5.36. The van der Waals surface area contributed by atoms with Crippen LogP contribution in [0.3, 0.4) is 0 Å². The third kappa shape index (κ3) is 8.44. The summed E-state index contributed by atoms with van der Waals surface area (Å²) in [7, 11) is 6.73. The lowest BCUT2D eigenvalue weighted by atomic mass is 10.2. The third-order valence-corrected chi connectivity index (χ3v) is 2.02. The first-order valence-electron chi connectivity index (χ1n) is 3.93. The smallest absolute Gasteiger partial charge is 0.0780 e. The minimum absolute atomic E-state index is 1.10. The normalized spacial score (nSPS) is 12.0. The van der Waals surface area contributed by atoms with Crippen molar-refractivity contribution < 1.29 is 4.48 Å². The fraction of sp³-hybridized carbons (Fsp3) is 1.00. The van der Waals surface area contributed by atoms with E-state index in [2.05, 4.69) is 37.1 Å². The van der Waals surface area contributed by atoms with Gasteiger partial charge in [-0.25, -0.2) is 0 Å². The van der Waals surface area contributed by atoms with Crippen LogP contribution in [0, 0.1) is 0 Å². The van der Waals surface area contributed by atoms with Crippen molar-refractivity contribution >= 4 is 15.9 Å². The van der Waals surface area contributed by atoms with Crippen molar-refractivity contribution in [1.29, 1.82) is 0 Å². The number of alkyl halides is 1. The minimum atomic E-state index is 1.10. The Morgan fingerprint density at radius 1 is 1.00 bits per heavy atom. The molecule has 0 N–H and O–H groups in total. The van der Waals surface area contributed by atoms with E-state index in [1.165, 1.54) is 25.8 Å². The summed E-state index contributed by atoms with van der Waals surface area (Å²) < 4.78 is 1.10. The van der Waals surface area contributed by atoms with Gasteiger partial charge in [0.1, 0.15) is 0 Å². The van der Waals surface area contributed by atoms with Crippen LogP contribution in [-0.2, 0) is 0 Å². The Balaban J connectivity index is 3.04. The average molecular weight is 209 g/mol. The molecule has 0 unspecified atom stereocenters. The summed E-state index contributed by atoms with van der Waals surface area (Å²) >= 11 is 3.42. The zero-order chi connectivity index (χ0) is 8.04. The summed E-state index contributed by atoms with van der Waals surface area (Å²) in [4.78, 5) is 0. The molecule has 0 aromatic carbocycles. The summed E-state index contributed by atoms with van der Waals surface area (Å²) in [5.74, 6) is 0. The van der Waals surface area contributed by atoms with E-state index in [4.69, 9.17) is 0 Å². The minimum Gasteiger partial charge on any atom is -0.331 e. The molecule has 62 valence electrons. The van der Waals surface area contributed by atoms with Gasteiger partial charge in [0.2, 0.25) is 0 Å². The van der Waals surface area contributed by atoms with E-state index in [0.29, 0.717) is 0 Å². The molecule has 0 spiro atoms. The predicted octanol–water partition coefficient (Wildman–Crippen LogP) is 2.26. The second-order valence-electron chi connectivity index (χ2n) is 3.76. The molecule has 0 fully saturated rings. The van der Waals surface area contributed by atoms with Crippen LogP contribution in [0.25, 0.3) is 0 Å². The molecule has 10 heavy (non-hydrogen) atoms. The highest BCUT2D eigenvalue weighted by molar-refractivity contribution is 9.09. The van der Waals surface area contributed by atoms with Crippen LogP contribution < -0.4 is 0 Å². The number of unbranched alkanes of at least 4 members (excludes halogenated alkanes) is 2. The Hall–Kier alpha value is 0.440. The van der Waals surface area contributed by atoms with E-state index < -0.39 is 0 Å². The largest absolute Gasteiger partial charge is 0.331 e. The van der Waals surface area contributed by atoms with Gasteiger partial charge in [-0.3, -0.25) is 0 Å². The van der Waals surface area contributed by atoms with Crippen LogP contribution in [0.2, 0.25) is 0 Å². The molecule has 0 aromatic heterocycles. The number of hydrogen-bond donors (Lipinski definition) is 0. The van der Waals surface area contributed by atoms with Gasteiger partial charge < -0.3 is 4.48 Å². The molecular formula is C8H19BrN+. The molecule has 1 nitrogen and oxygen atoms in total. The molecule has 0 saturated carbocycles. The number of quaternary nitrogens is 1. The molecule has 0 radical (unpaired) electrons. The van der Waals surface area contributed by atoms with Crippen LogP contribution in [0.15, 0.2) is 0 Å². The van der Waals surface area contributed by atoms with Crippen molar-refractivity contribution in [3.8, 4) is 0 Å². The average Bonchev–Trinajstić information content (AvgIpc) is 1.78. The van der Waals surface area contributed by atoms with Crippen LogP contribution >= 0.6 is 15.9 Å². The second kappa shape index (κ2) is 5.14. The van der Waals surface area contributed by atoms with Crippen LogP contribution in [0.1, 0.15) is 19.3 Å². The maximum Gasteiger partial charge on any atom is 0.0780 e. The number of hydrogen-bond acceptors (Lipinski definition) is 0. The molecule has 0 atom stereocenters. The molecule has 0 saturated heterocycles. The highest BCUT2D eigenvalue weighted by Gasteiger charge is 2.04. The van der Waals surface area contributed by atoms with Crippen molar-refractivity contribution in [2.75, 3.05) is 33.0 Å². The molecule has 2 heteroatoms. The Morgan fingerprint density at radius 3 is 2.00 bits per heavy atom. The number of halogens is 1. The number of rotatable bonds is 5. The van der Waals surface area contributed by atoms with Crippen molar-refractivity contribution in [3.63, 3.8) is 0 Å². The molecule has 0 aromatic rings. The standard InChI is InChI=1S/C8H19BrN/c1-10(2,3)8-6-4-5-7-9/h4-8H2,1-3H3/q+1. The van der Waals surface area contributed by atoms with E-state index in [-0.39, 0.29) is 0 Å². The molecule has 0 heterocycles. The van der Waals surface area contributed by atoms with E-state index >= 15 is 0 Å². The summed E-state index contributed by atoms with van der Waals surface area (Å²) in [6.07, 6.45) is 4.04. The second-order valence-corrected chi connectivity index (χ2v) is 4.56. The molecule has 0 aliphatic carbocycles. The number of nitrogens with zero attached hydrogens (tertiary/aromatic N) is 1. The van der Waals surface area contributed by atoms with Crippen LogP contribution in [-0.4, -0.2) is 37.5 Å². The van der Waals surface area contributed by atoms with Gasteiger partial charge in [-0.1, -0.05) is 15.9 Å². The zero-order valence-corrected chi connectivity index (χ0v) is 8.95. The van der Waals surface area contributed by atoms with Gasteiger partial charge in [-0.2, -0.15) is 0 Å². The lowest BCUT2D eigenvalue weighted by Crippen LogP contribution is -2.35. The Labute approximate surface area is 73.1 Å². The van der Waals surface area contributed by atoms with Gasteiger partial charge in [0.05, 0.1) is 27.7 Å². The summed E-state index contributed by atoms with van der Waals surface area (Å²) in [5.41, 5.74) is 0. The van der Waals surface area contributed by atoms with Crippen molar-refractivity contribution in [2.45, 2.75) is 19.3 Å². The van der Waals surface area contributed by atoms with Gasteiger partial charge in [0.25, 0.3) is 0 Å². The van der Waals surface area contributed by atoms with E-state index in [1.54, 1.807) is 0 Å². The quantitative estimate of drug-likeness (QED) is 0.370. The lowest BCUT2D eigenvalue weighted by Gasteiger charge is -2.23. The van der Waals surface area contributed by atoms with Crippen LogP contribution in [0.4, 0.5) is 0 Å². The lowest BCUT2D eigenvalue weighted by molar-refractivity contribution is -0.870.